The molecule has 0 aliphatic heterocycles. The summed E-state index contributed by atoms with van der Waals surface area (Å²) in [6.07, 6.45) is 0.322. The number of aryl methyl sites for hydroxylation is 1. The highest BCUT2D eigenvalue weighted by molar-refractivity contribution is 7.87. The quantitative estimate of drug-likeness (QED) is 0.812. The van der Waals surface area contributed by atoms with Crippen LogP contribution in [0.3, 0.4) is 0 Å². The predicted octanol–water partition coefficient (Wildman–Crippen LogP) is 0.964. The van der Waals surface area contributed by atoms with Crippen LogP contribution < -0.4 is 5.73 Å². The first-order valence-electron chi connectivity index (χ1n) is 5.17. The molecular weight excluding hydrogens is 242 g/mol. The summed E-state index contributed by atoms with van der Waals surface area (Å²) in [5, 5.41) is 0. The van der Waals surface area contributed by atoms with Gasteiger partial charge in [-0.3, -0.25) is 0 Å². The van der Waals surface area contributed by atoms with E-state index in [1.165, 1.54) is 12.1 Å². The van der Waals surface area contributed by atoms with Crippen LogP contribution in [0.5, 0.6) is 0 Å². The van der Waals surface area contributed by atoms with E-state index < -0.39 is 22.1 Å². The Bertz CT molecular complexity index is 493. The molecule has 0 aromatic heterocycles. The molecule has 1 aromatic carbocycles. The molecule has 0 unspecified atom stereocenters. The van der Waals surface area contributed by atoms with Crippen LogP contribution in [0, 0.1) is 6.92 Å². The second-order valence-corrected chi connectivity index (χ2v) is 5.23. The summed E-state index contributed by atoms with van der Waals surface area (Å²) in [4.78, 5) is 11.2. The van der Waals surface area contributed by atoms with E-state index in [1.807, 2.05) is 6.92 Å². The van der Waals surface area contributed by atoms with E-state index in [0.717, 1.165) is 5.56 Å². The zero-order chi connectivity index (χ0) is 13.1. The summed E-state index contributed by atoms with van der Waals surface area (Å²) in [6.45, 7) is 3.50. The first-order valence-corrected chi connectivity index (χ1v) is 6.58. The van der Waals surface area contributed by atoms with Crippen LogP contribution in [0.15, 0.2) is 29.2 Å². The third-order valence-corrected chi connectivity index (χ3v) is 3.48. The Hall–Kier alpha value is -1.40. The van der Waals surface area contributed by atoms with Crippen LogP contribution in [0.4, 0.5) is 0 Å². The molecule has 0 saturated heterocycles. The number of benzene rings is 1. The number of rotatable bonds is 4. The van der Waals surface area contributed by atoms with Crippen molar-refractivity contribution in [3.8, 4) is 0 Å². The van der Waals surface area contributed by atoms with Crippen LogP contribution in [0.2, 0.25) is 0 Å². The maximum atomic E-state index is 11.7. The highest BCUT2D eigenvalue weighted by Gasteiger charge is 2.23. The SMILES string of the molecule is CC[C@@H](N)C(=O)OS(=O)(=O)c1ccc(C)cc1. The summed E-state index contributed by atoms with van der Waals surface area (Å²) in [5.41, 5.74) is 6.30. The standard InChI is InChI=1S/C11H15NO4S/c1-3-10(12)11(13)16-17(14,15)9-6-4-8(2)5-7-9/h4-7,10H,3,12H2,1-2H3/t10-/m1/s1. The summed E-state index contributed by atoms with van der Waals surface area (Å²) >= 11 is 0. The molecule has 0 bridgehead atoms. The summed E-state index contributed by atoms with van der Waals surface area (Å²) in [7, 11) is -4.06. The monoisotopic (exact) mass is 257 g/mol. The fraction of sp³-hybridized carbons (Fsp3) is 0.364. The van der Waals surface area contributed by atoms with Gasteiger partial charge in [0.25, 0.3) is 0 Å². The Labute approximate surface area is 101 Å². The maximum absolute atomic E-state index is 11.7. The van der Waals surface area contributed by atoms with Gasteiger partial charge in [0.1, 0.15) is 10.9 Å². The van der Waals surface area contributed by atoms with Gasteiger partial charge >= 0.3 is 16.1 Å². The van der Waals surface area contributed by atoms with Crippen molar-refractivity contribution < 1.29 is 17.4 Å². The molecule has 0 fully saturated rings. The topological polar surface area (TPSA) is 86.5 Å². The average molecular weight is 257 g/mol. The van der Waals surface area contributed by atoms with Gasteiger partial charge < -0.3 is 9.92 Å². The van der Waals surface area contributed by atoms with E-state index in [4.69, 9.17) is 5.73 Å². The molecule has 0 heterocycles. The van der Waals surface area contributed by atoms with Crippen molar-refractivity contribution >= 4 is 16.1 Å². The fourth-order valence-corrected chi connectivity index (χ4v) is 2.00. The summed E-state index contributed by atoms with van der Waals surface area (Å²) in [5.74, 6) is -0.937. The zero-order valence-electron chi connectivity index (χ0n) is 9.71. The Morgan fingerprint density at radius 2 is 1.88 bits per heavy atom. The molecule has 1 rings (SSSR count). The van der Waals surface area contributed by atoms with Gasteiger partial charge in [0.15, 0.2) is 0 Å². The smallest absolute Gasteiger partial charge is 0.341 e. The molecule has 0 radical (unpaired) electrons. The Morgan fingerprint density at radius 3 is 2.35 bits per heavy atom. The Morgan fingerprint density at radius 1 is 1.35 bits per heavy atom. The van der Waals surface area contributed by atoms with Crippen molar-refractivity contribution in [2.75, 3.05) is 0 Å². The largest absolute Gasteiger partial charge is 0.341 e. The highest BCUT2D eigenvalue weighted by atomic mass is 32.2. The summed E-state index contributed by atoms with van der Waals surface area (Å²) < 4.78 is 27.8. The van der Waals surface area contributed by atoms with Crippen LogP contribution in [0.25, 0.3) is 0 Å². The molecule has 0 aliphatic carbocycles. The molecule has 0 aliphatic rings. The first-order chi connectivity index (χ1) is 7.86. The van der Waals surface area contributed by atoms with Crippen molar-refractivity contribution in [2.24, 2.45) is 5.73 Å². The molecule has 94 valence electrons. The number of carbonyl (C=O) groups is 1. The lowest BCUT2D eigenvalue weighted by Crippen LogP contribution is -2.33. The first kappa shape index (κ1) is 13.7. The minimum Gasteiger partial charge on any atom is -0.341 e. The molecule has 2 N–H and O–H groups in total. The number of nitrogens with two attached hydrogens (primary N) is 1. The lowest BCUT2D eigenvalue weighted by Gasteiger charge is -2.09. The second-order valence-electron chi connectivity index (χ2n) is 3.68. The third kappa shape index (κ3) is 3.54. The molecule has 1 atom stereocenters. The van der Waals surface area contributed by atoms with Crippen LogP contribution >= 0.6 is 0 Å². The molecule has 6 heteroatoms. The highest BCUT2D eigenvalue weighted by Crippen LogP contribution is 2.14. The van der Waals surface area contributed by atoms with Crippen molar-refractivity contribution in [3.63, 3.8) is 0 Å². The van der Waals surface area contributed by atoms with E-state index in [1.54, 1.807) is 19.1 Å². The Kier molecular flexibility index (Phi) is 4.25. The van der Waals surface area contributed by atoms with Crippen LogP contribution in [-0.2, 0) is 19.1 Å². The van der Waals surface area contributed by atoms with Crippen molar-refractivity contribution in [3.05, 3.63) is 29.8 Å². The molecule has 0 amide bonds. The van der Waals surface area contributed by atoms with Gasteiger partial charge in [-0.15, -0.1) is 0 Å². The maximum Gasteiger partial charge on any atom is 0.341 e. The molecular formula is C11H15NO4S. The number of carbonyl (C=O) groups excluding carboxylic acids is 1. The molecule has 1 aromatic rings. The average Bonchev–Trinajstić information content (AvgIpc) is 2.27. The molecule has 0 spiro atoms. The van der Waals surface area contributed by atoms with E-state index >= 15 is 0 Å². The normalized spacial score (nSPS) is 13.1. The van der Waals surface area contributed by atoms with Gasteiger partial charge in [0, 0.05) is 0 Å². The van der Waals surface area contributed by atoms with E-state index in [9.17, 15) is 13.2 Å². The lowest BCUT2D eigenvalue weighted by molar-refractivity contribution is -0.135. The minimum atomic E-state index is -4.06. The lowest BCUT2D eigenvalue weighted by atomic mass is 10.2. The van der Waals surface area contributed by atoms with E-state index in [-0.39, 0.29) is 4.90 Å². The van der Waals surface area contributed by atoms with Crippen molar-refractivity contribution in [1.82, 2.24) is 0 Å². The van der Waals surface area contributed by atoms with Gasteiger partial charge in [-0.05, 0) is 25.5 Å². The Balaban J connectivity index is 2.89. The summed E-state index contributed by atoms with van der Waals surface area (Å²) in [6, 6.07) is 5.10. The van der Waals surface area contributed by atoms with Gasteiger partial charge in [-0.25, -0.2) is 4.79 Å². The molecule has 5 nitrogen and oxygen atoms in total. The number of hydrogen-bond donors (Lipinski definition) is 1. The van der Waals surface area contributed by atoms with Gasteiger partial charge in [-0.1, -0.05) is 24.6 Å². The van der Waals surface area contributed by atoms with Crippen molar-refractivity contribution in [1.29, 1.82) is 0 Å². The van der Waals surface area contributed by atoms with E-state index in [2.05, 4.69) is 4.18 Å². The third-order valence-electron chi connectivity index (χ3n) is 2.24. The zero-order valence-corrected chi connectivity index (χ0v) is 10.5. The van der Waals surface area contributed by atoms with Gasteiger partial charge in [0.2, 0.25) is 0 Å². The van der Waals surface area contributed by atoms with Gasteiger partial charge in [0.05, 0.1) is 0 Å². The molecule has 17 heavy (non-hydrogen) atoms. The molecule has 0 saturated carbocycles. The van der Waals surface area contributed by atoms with E-state index in [0.29, 0.717) is 6.42 Å². The fourth-order valence-electron chi connectivity index (χ4n) is 1.09. The number of hydrogen-bond acceptors (Lipinski definition) is 5. The minimum absolute atomic E-state index is 0.0558. The van der Waals surface area contributed by atoms with Crippen molar-refractivity contribution in [2.45, 2.75) is 31.2 Å². The predicted molar refractivity (Wildman–Crippen MR) is 62.7 cm³/mol. The van der Waals surface area contributed by atoms with Gasteiger partial charge in [-0.2, -0.15) is 8.42 Å². The second kappa shape index (κ2) is 5.29. The van der Waals surface area contributed by atoms with Crippen LogP contribution in [-0.4, -0.2) is 20.4 Å². The van der Waals surface area contributed by atoms with Crippen LogP contribution in [0.1, 0.15) is 18.9 Å².